The molecule has 0 radical (unpaired) electrons. The van der Waals surface area contributed by atoms with Crippen LogP contribution in [-0.4, -0.2) is 81.8 Å². The van der Waals surface area contributed by atoms with Crippen LogP contribution in [0.25, 0.3) is 0 Å². The second-order valence-corrected chi connectivity index (χ2v) is 8.87. The molecule has 0 aliphatic carbocycles. The molecule has 2 N–H and O–H groups in total. The zero-order chi connectivity index (χ0) is 21.9. The molecule has 0 amide bonds. The van der Waals surface area contributed by atoms with Crippen molar-refractivity contribution in [2.24, 2.45) is 10.9 Å². The van der Waals surface area contributed by atoms with E-state index in [1.54, 1.807) is 19.2 Å². The molecule has 2 saturated heterocycles. The monoisotopic (exact) mass is 433 g/mol. The van der Waals surface area contributed by atoms with Gasteiger partial charge in [-0.25, -0.2) is 4.39 Å². The second kappa shape index (κ2) is 13.0. The molecular formula is C24H40FN5O. The third kappa shape index (κ3) is 8.05. The molecule has 2 heterocycles. The summed E-state index contributed by atoms with van der Waals surface area (Å²) in [6.45, 7) is 7.95. The van der Waals surface area contributed by atoms with Gasteiger partial charge in [-0.2, -0.15) is 0 Å². The van der Waals surface area contributed by atoms with Crippen LogP contribution in [0.3, 0.4) is 0 Å². The van der Waals surface area contributed by atoms with E-state index in [-0.39, 0.29) is 5.82 Å². The molecule has 0 atom stereocenters. The molecule has 0 unspecified atom stereocenters. The standard InChI is InChI=1S/C24H40FN5O/c1-26-24(28-22-10-15-29(16-11-22)12-5-17-31-2)27-18-20-8-13-30(14-9-20)19-21-6-3-4-7-23(21)25/h3-4,6-7,20,22H,5,8-19H2,1-2H3,(H2,26,27,28). The number of aliphatic imine (C=N–C) groups is 1. The normalized spacial score (nSPS) is 20.2. The number of hydrogen-bond donors (Lipinski definition) is 2. The van der Waals surface area contributed by atoms with Gasteiger partial charge in [0.1, 0.15) is 5.82 Å². The van der Waals surface area contributed by atoms with Crippen molar-refractivity contribution in [2.45, 2.75) is 44.7 Å². The molecule has 2 aliphatic heterocycles. The molecule has 0 aromatic heterocycles. The largest absolute Gasteiger partial charge is 0.385 e. The van der Waals surface area contributed by atoms with Crippen LogP contribution in [0, 0.1) is 11.7 Å². The summed E-state index contributed by atoms with van der Waals surface area (Å²) in [5.41, 5.74) is 0.799. The Kier molecular flexibility index (Phi) is 10.0. The van der Waals surface area contributed by atoms with Crippen molar-refractivity contribution in [1.82, 2.24) is 20.4 Å². The molecule has 0 bridgehead atoms. The smallest absolute Gasteiger partial charge is 0.191 e. The molecule has 3 rings (SSSR count). The number of methoxy groups -OCH3 is 1. The number of piperidine rings is 2. The maximum absolute atomic E-state index is 13.9. The molecule has 174 valence electrons. The highest BCUT2D eigenvalue weighted by Gasteiger charge is 2.22. The summed E-state index contributed by atoms with van der Waals surface area (Å²) in [5, 5.41) is 7.16. The highest BCUT2D eigenvalue weighted by atomic mass is 19.1. The average molecular weight is 434 g/mol. The zero-order valence-electron chi connectivity index (χ0n) is 19.3. The number of ether oxygens (including phenoxy) is 1. The van der Waals surface area contributed by atoms with Gasteiger partial charge in [0.25, 0.3) is 0 Å². The first-order chi connectivity index (χ1) is 15.2. The lowest BCUT2D eigenvalue weighted by Crippen LogP contribution is -2.50. The first-order valence-corrected chi connectivity index (χ1v) is 11.8. The minimum atomic E-state index is -0.0954. The maximum atomic E-state index is 13.9. The Morgan fingerprint density at radius 3 is 2.48 bits per heavy atom. The first-order valence-electron chi connectivity index (χ1n) is 11.8. The molecule has 31 heavy (non-hydrogen) atoms. The van der Waals surface area contributed by atoms with Gasteiger partial charge in [0, 0.05) is 65.1 Å². The molecule has 2 aliphatic rings. The van der Waals surface area contributed by atoms with Crippen LogP contribution in [0.2, 0.25) is 0 Å². The van der Waals surface area contributed by atoms with E-state index in [2.05, 4.69) is 25.4 Å². The summed E-state index contributed by atoms with van der Waals surface area (Å²) in [6.07, 6.45) is 5.69. The quantitative estimate of drug-likeness (QED) is 0.356. The maximum Gasteiger partial charge on any atom is 0.191 e. The van der Waals surface area contributed by atoms with Gasteiger partial charge < -0.3 is 20.3 Å². The van der Waals surface area contributed by atoms with Gasteiger partial charge in [-0.05, 0) is 57.2 Å². The van der Waals surface area contributed by atoms with E-state index < -0.39 is 0 Å². The van der Waals surface area contributed by atoms with Crippen molar-refractivity contribution in [3.05, 3.63) is 35.6 Å². The first kappa shape index (κ1) is 24.0. The van der Waals surface area contributed by atoms with E-state index in [0.29, 0.717) is 18.5 Å². The van der Waals surface area contributed by atoms with Crippen LogP contribution < -0.4 is 10.6 Å². The van der Waals surface area contributed by atoms with E-state index in [1.165, 1.54) is 0 Å². The number of likely N-dealkylation sites (tertiary alicyclic amines) is 2. The number of hydrogen-bond acceptors (Lipinski definition) is 4. The van der Waals surface area contributed by atoms with Crippen LogP contribution in [0.1, 0.15) is 37.7 Å². The SMILES string of the molecule is CN=C(NCC1CCN(Cc2ccccc2F)CC1)NC1CCN(CCCOC)CC1. The lowest BCUT2D eigenvalue weighted by Gasteiger charge is -2.34. The third-order valence-electron chi connectivity index (χ3n) is 6.59. The Morgan fingerprint density at radius 1 is 1.10 bits per heavy atom. The van der Waals surface area contributed by atoms with Crippen molar-refractivity contribution in [3.63, 3.8) is 0 Å². The Hall–Kier alpha value is -1.70. The molecule has 2 fully saturated rings. The highest BCUT2D eigenvalue weighted by Crippen LogP contribution is 2.19. The second-order valence-electron chi connectivity index (χ2n) is 8.87. The molecule has 7 heteroatoms. The van der Waals surface area contributed by atoms with Crippen LogP contribution in [0.5, 0.6) is 0 Å². The number of rotatable bonds is 9. The summed E-state index contributed by atoms with van der Waals surface area (Å²) in [4.78, 5) is 9.33. The van der Waals surface area contributed by atoms with E-state index in [4.69, 9.17) is 4.74 Å². The fourth-order valence-corrected chi connectivity index (χ4v) is 4.58. The third-order valence-corrected chi connectivity index (χ3v) is 6.59. The predicted molar refractivity (Wildman–Crippen MR) is 125 cm³/mol. The molecule has 0 saturated carbocycles. The topological polar surface area (TPSA) is 52.1 Å². The predicted octanol–water partition coefficient (Wildman–Crippen LogP) is 2.70. The van der Waals surface area contributed by atoms with E-state index in [0.717, 1.165) is 89.5 Å². The van der Waals surface area contributed by atoms with Crippen LogP contribution in [0.15, 0.2) is 29.3 Å². The van der Waals surface area contributed by atoms with Gasteiger partial charge in [0.15, 0.2) is 5.96 Å². The summed E-state index contributed by atoms with van der Waals surface area (Å²) in [7, 11) is 3.62. The Balaban J connectivity index is 1.31. The van der Waals surface area contributed by atoms with Crippen molar-refractivity contribution in [3.8, 4) is 0 Å². The van der Waals surface area contributed by atoms with Crippen LogP contribution in [-0.2, 0) is 11.3 Å². The lowest BCUT2D eigenvalue weighted by atomic mass is 9.96. The molecule has 1 aromatic rings. The van der Waals surface area contributed by atoms with Crippen molar-refractivity contribution in [2.75, 3.05) is 60.0 Å². The van der Waals surface area contributed by atoms with Gasteiger partial charge in [0.05, 0.1) is 0 Å². The van der Waals surface area contributed by atoms with Crippen LogP contribution in [0.4, 0.5) is 4.39 Å². The zero-order valence-corrected chi connectivity index (χ0v) is 19.3. The Morgan fingerprint density at radius 2 is 1.81 bits per heavy atom. The number of nitrogens with one attached hydrogen (secondary N) is 2. The minimum absolute atomic E-state index is 0.0954. The number of halogens is 1. The fourth-order valence-electron chi connectivity index (χ4n) is 4.58. The van der Waals surface area contributed by atoms with Crippen LogP contribution >= 0.6 is 0 Å². The number of guanidine groups is 1. The number of benzene rings is 1. The van der Waals surface area contributed by atoms with E-state index in [9.17, 15) is 4.39 Å². The Bertz CT molecular complexity index is 670. The highest BCUT2D eigenvalue weighted by molar-refractivity contribution is 5.79. The van der Waals surface area contributed by atoms with Gasteiger partial charge in [-0.3, -0.25) is 9.89 Å². The summed E-state index contributed by atoms with van der Waals surface area (Å²) < 4.78 is 19.0. The lowest BCUT2D eigenvalue weighted by molar-refractivity contribution is 0.155. The summed E-state index contributed by atoms with van der Waals surface area (Å²) >= 11 is 0. The Labute approximate surface area is 187 Å². The van der Waals surface area contributed by atoms with E-state index >= 15 is 0 Å². The van der Waals surface area contributed by atoms with Gasteiger partial charge in [0.2, 0.25) is 0 Å². The fraction of sp³-hybridized carbons (Fsp3) is 0.708. The van der Waals surface area contributed by atoms with Gasteiger partial charge in [-0.1, -0.05) is 18.2 Å². The molecule has 6 nitrogen and oxygen atoms in total. The summed E-state index contributed by atoms with van der Waals surface area (Å²) in [5.74, 6) is 1.46. The number of nitrogens with zero attached hydrogens (tertiary/aromatic N) is 3. The van der Waals surface area contributed by atoms with Crippen molar-refractivity contribution in [1.29, 1.82) is 0 Å². The molecule has 0 spiro atoms. The molecule has 1 aromatic carbocycles. The average Bonchev–Trinajstić information content (AvgIpc) is 2.80. The van der Waals surface area contributed by atoms with Gasteiger partial charge in [-0.15, -0.1) is 0 Å². The van der Waals surface area contributed by atoms with E-state index in [1.807, 2.05) is 19.2 Å². The minimum Gasteiger partial charge on any atom is -0.385 e. The van der Waals surface area contributed by atoms with Gasteiger partial charge >= 0.3 is 0 Å². The molecular weight excluding hydrogens is 393 g/mol. The van der Waals surface area contributed by atoms with Crippen molar-refractivity contribution < 1.29 is 9.13 Å². The summed E-state index contributed by atoms with van der Waals surface area (Å²) in [6, 6.07) is 7.61. The van der Waals surface area contributed by atoms with Crippen molar-refractivity contribution >= 4 is 5.96 Å².